The van der Waals surface area contributed by atoms with E-state index in [1.54, 1.807) is 6.21 Å². The highest BCUT2D eigenvalue weighted by Crippen LogP contribution is 2.17. The first kappa shape index (κ1) is 18.9. The van der Waals surface area contributed by atoms with Gasteiger partial charge in [-0.05, 0) is 56.2 Å². The van der Waals surface area contributed by atoms with Crippen LogP contribution in [-0.4, -0.2) is 23.9 Å². The highest BCUT2D eigenvalue weighted by atomic mass is 32.1. The van der Waals surface area contributed by atoms with Crippen LogP contribution in [0.4, 0.5) is 5.69 Å². The summed E-state index contributed by atoms with van der Waals surface area (Å²) in [5.41, 5.74) is 6.36. The molecule has 0 bridgehead atoms. The third-order valence-electron chi connectivity index (χ3n) is 3.66. The number of hydrogen-bond acceptors (Lipinski definition) is 3. The van der Waals surface area contributed by atoms with Crippen LogP contribution in [0.1, 0.15) is 31.9 Å². The summed E-state index contributed by atoms with van der Waals surface area (Å²) in [4.78, 5) is 2.34. The van der Waals surface area contributed by atoms with Gasteiger partial charge in [0.05, 0.1) is 6.21 Å². The zero-order valence-electron chi connectivity index (χ0n) is 15.1. The van der Waals surface area contributed by atoms with Gasteiger partial charge in [-0.25, -0.2) is 0 Å². The number of anilines is 1. The fourth-order valence-corrected chi connectivity index (χ4v) is 2.71. The van der Waals surface area contributed by atoms with Crippen molar-refractivity contribution in [2.45, 2.75) is 33.4 Å². The molecule has 0 saturated heterocycles. The molecule has 0 radical (unpaired) electrons. The van der Waals surface area contributed by atoms with Crippen LogP contribution < -0.4 is 15.6 Å². The summed E-state index contributed by atoms with van der Waals surface area (Å²) in [5, 5.41) is 7.78. The van der Waals surface area contributed by atoms with Crippen LogP contribution in [0, 0.1) is 0 Å². The van der Waals surface area contributed by atoms with Gasteiger partial charge in [-0.1, -0.05) is 42.5 Å². The van der Waals surface area contributed by atoms with Gasteiger partial charge in [-0.15, -0.1) is 0 Å². The Morgan fingerprint density at radius 2 is 1.80 bits per heavy atom. The van der Waals surface area contributed by atoms with Crippen molar-refractivity contribution >= 4 is 29.2 Å². The van der Waals surface area contributed by atoms with E-state index in [1.807, 2.05) is 19.9 Å². The molecule has 0 amide bonds. The van der Waals surface area contributed by atoms with Crippen LogP contribution in [0.5, 0.6) is 0 Å². The van der Waals surface area contributed by atoms with E-state index in [9.17, 15) is 0 Å². The van der Waals surface area contributed by atoms with Crippen molar-refractivity contribution in [1.29, 1.82) is 0 Å². The number of hydrazone groups is 1. The number of nitrogens with zero attached hydrogens (tertiary/aromatic N) is 2. The average Bonchev–Trinajstić information content (AvgIpc) is 2.60. The minimum atomic E-state index is 0.291. The molecule has 0 aromatic heterocycles. The van der Waals surface area contributed by atoms with Crippen molar-refractivity contribution in [2.75, 3.05) is 11.4 Å². The largest absolute Gasteiger partial charge is 0.367 e. The molecule has 2 aromatic rings. The van der Waals surface area contributed by atoms with E-state index in [1.165, 1.54) is 11.3 Å². The van der Waals surface area contributed by atoms with Crippen molar-refractivity contribution < 1.29 is 0 Å². The molecule has 0 spiro atoms. The van der Waals surface area contributed by atoms with Gasteiger partial charge in [0, 0.05) is 24.8 Å². The van der Waals surface area contributed by atoms with Gasteiger partial charge >= 0.3 is 0 Å². The minimum absolute atomic E-state index is 0.291. The van der Waals surface area contributed by atoms with E-state index in [2.05, 4.69) is 76.2 Å². The summed E-state index contributed by atoms with van der Waals surface area (Å²) < 4.78 is 0. The lowest BCUT2D eigenvalue weighted by Crippen LogP contribution is -2.36. The quantitative estimate of drug-likeness (QED) is 0.449. The second-order valence-electron chi connectivity index (χ2n) is 6.09. The number of rotatable bonds is 7. The van der Waals surface area contributed by atoms with Crippen molar-refractivity contribution in [1.82, 2.24) is 10.7 Å². The molecule has 2 aromatic carbocycles. The summed E-state index contributed by atoms with van der Waals surface area (Å²) in [6.45, 7) is 8.10. The molecule has 0 aliphatic heterocycles. The second-order valence-corrected chi connectivity index (χ2v) is 6.50. The molecule has 2 N–H and O–H groups in total. The average molecular weight is 355 g/mol. The molecule has 5 heteroatoms. The van der Waals surface area contributed by atoms with Gasteiger partial charge in [0.2, 0.25) is 0 Å². The minimum Gasteiger partial charge on any atom is -0.367 e. The standard InChI is InChI=1S/C20H26N4S/c1-4-24(15-18-8-6-5-7-9-18)19-12-10-17(11-13-19)14-21-23-20(25)22-16(2)3/h5-14,16H,4,15H2,1-3H3,(H2,22,23,25)/b21-14-. The van der Waals surface area contributed by atoms with Gasteiger partial charge in [0.1, 0.15) is 0 Å². The first-order chi connectivity index (χ1) is 12.1. The smallest absolute Gasteiger partial charge is 0.187 e. The summed E-state index contributed by atoms with van der Waals surface area (Å²) in [7, 11) is 0. The summed E-state index contributed by atoms with van der Waals surface area (Å²) in [6, 6.07) is 19.2. The van der Waals surface area contributed by atoms with E-state index in [4.69, 9.17) is 12.2 Å². The van der Waals surface area contributed by atoms with Gasteiger partial charge in [0.25, 0.3) is 0 Å². The highest BCUT2D eigenvalue weighted by molar-refractivity contribution is 7.80. The molecule has 0 saturated carbocycles. The molecule has 2 rings (SSSR count). The van der Waals surface area contributed by atoms with Crippen molar-refractivity contribution in [2.24, 2.45) is 5.10 Å². The van der Waals surface area contributed by atoms with Crippen molar-refractivity contribution in [3.63, 3.8) is 0 Å². The van der Waals surface area contributed by atoms with Crippen molar-refractivity contribution in [3.05, 3.63) is 65.7 Å². The summed E-state index contributed by atoms with van der Waals surface area (Å²) in [6.07, 6.45) is 1.77. The maximum atomic E-state index is 5.14. The number of hydrogen-bond donors (Lipinski definition) is 2. The molecule has 0 heterocycles. The lowest BCUT2D eigenvalue weighted by atomic mass is 10.1. The number of thiocarbonyl (C=S) groups is 1. The van der Waals surface area contributed by atoms with Crippen LogP contribution in [0.25, 0.3) is 0 Å². The van der Waals surface area contributed by atoms with E-state index in [-0.39, 0.29) is 0 Å². The molecule has 4 nitrogen and oxygen atoms in total. The Morgan fingerprint density at radius 1 is 1.12 bits per heavy atom. The van der Waals surface area contributed by atoms with E-state index >= 15 is 0 Å². The molecule has 0 aliphatic rings. The van der Waals surface area contributed by atoms with Gasteiger partial charge in [-0.3, -0.25) is 5.43 Å². The molecule has 0 aliphatic carbocycles. The van der Waals surface area contributed by atoms with Gasteiger partial charge < -0.3 is 10.2 Å². The molecule has 0 fully saturated rings. The normalized spacial score (nSPS) is 10.9. The Kier molecular flexibility index (Phi) is 7.41. The van der Waals surface area contributed by atoms with Crippen LogP contribution >= 0.6 is 12.2 Å². The number of nitrogens with one attached hydrogen (secondary N) is 2. The zero-order chi connectivity index (χ0) is 18.1. The maximum Gasteiger partial charge on any atom is 0.187 e. The van der Waals surface area contributed by atoms with Crippen LogP contribution in [-0.2, 0) is 6.54 Å². The fraction of sp³-hybridized carbons (Fsp3) is 0.300. The maximum absolute atomic E-state index is 5.14. The van der Waals surface area contributed by atoms with E-state index < -0.39 is 0 Å². The first-order valence-corrected chi connectivity index (χ1v) is 8.98. The summed E-state index contributed by atoms with van der Waals surface area (Å²) >= 11 is 5.14. The predicted octanol–water partition coefficient (Wildman–Crippen LogP) is 3.92. The van der Waals surface area contributed by atoms with Crippen LogP contribution in [0.15, 0.2) is 59.7 Å². The first-order valence-electron chi connectivity index (χ1n) is 8.57. The van der Waals surface area contributed by atoms with Gasteiger partial charge in [0.15, 0.2) is 5.11 Å². The Labute approximate surface area is 155 Å². The third-order valence-corrected chi connectivity index (χ3v) is 3.86. The molecule has 25 heavy (non-hydrogen) atoms. The van der Waals surface area contributed by atoms with E-state index in [0.717, 1.165) is 18.7 Å². The third kappa shape index (κ3) is 6.55. The lowest BCUT2D eigenvalue weighted by Gasteiger charge is -2.23. The van der Waals surface area contributed by atoms with E-state index in [0.29, 0.717) is 11.2 Å². The Bertz CT molecular complexity index is 681. The monoisotopic (exact) mass is 354 g/mol. The molecular formula is C20H26N4S. The summed E-state index contributed by atoms with van der Waals surface area (Å²) in [5.74, 6) is 0. The van der Waals surface area contributed by atoms with Crippen LogP contribution in [0.2, 0.25) is 0 Å². The lowest BCUT2D eigenvalue weighted by molar-refractivity contribution is 0.720. The molecule has 0 atom stereocenters. The van der Waals surface area contributed by atoms with Gasteiger partial charge in [-0.2, -0.15) is 5.10 Å². The Hall–Kier alpha value is -2.40. The molecule has 132 valence electrons. The SMILES string of the molecule is CCN(Cc1ccccc1)c1ccc(/C=N\NC(=S)NC(C)C)cc1. The topological polar surface area (TPSA) is 39.7 Å². The Balaban J connectivity index is 1.94. The van der Waals surface area contributed by atoms with Crippen LogP contribution in [0.3, 0.4) is 0 Å². The predicted molar refractivity (Wildman–Crippen MR) is 111 cm³/mol. The number of benzene rings is 2. The molecule has 0 unspecified atom stereocenters. The Morgan fingerprint density at radius 3 is 2.40 bits per heavy atom. The van der Waals surface area contributed by atoms with Crippen molar-refractivity contribution in [3.8, 4) is 0 Å². The second kappa shape index (κ2) is 9.79. The fourth-order valence-electron chi connectivity index (χ4n) is 2.42. The highest BCUT2D eigenvalue weighted by Gasteiger charge is 2.05. The zero-order valence-corrected chi connectivity index (χ0v) is 15.9. The molecular weight excluding hydrogens is 328 g/mol.